The van der Waals surface area contributed by atoms with E-state index in [4.69, 9.17) is 5.73 Å². The van der Waals surface area contributed by atoms with Crippen LogP contribution in [0, 0.1) is 0 Å². The van der Waals surface area contributed by atoms with Crippen molar-refractivity contribution >= 4 is 5.78 Å². The molecule has 1 aliphatic carbocycles. The molecule has 1 rings (SSSR count). The number of hydrogen-bond acceptors (Lipinski definition) is 2. The maximum atomic E-state index is 11.0. The molecule has 10 heavy (non-hydrogen) atoms. The van der Waals surface area contributed by atoms with Gasteiger partial charge in [-0.15, -0.1) is 0 Å². The van der Waals surface area contributed by atoms with Gasteiger partial charge in [0.05, 0.1) is 0 Å². The van der Waals surface area contributed by atoms with Crippen LogP contribution >= 0.6 is 0 Å². The van der Waals surface area contributed by atoms with Gasteiger partial charge in [-0.3, -0.25) is 4.79 Å². The quantitative estimate of drug-likeness (QED) is 0.544. The van der Waals surface area contributed by atoms with Gasteiger partial charge in [-0.05, 0) is 25.0 Å². The standard InChI is InChI=1S/C8H11NO/c1-5-6(2)8(10)4-3-7(5)9/h3H,4,9H2,1-2H3. The summed E-state index contributed by atoms with van der Waals surface area (Å²) < 4.78 is 0. The summed E-state index contributed by atoms with van der Waals surface area (Å²) in [6, 6.07) is 0. The van der Waals surface area contributed by atoms with Gasteiger partial charge in [0.1, 0.15) is 0 Å². The lowest BCUT2D eigenvalue weighted by atomic mass is 9.97. The second-order valence-corrected chi connectivity index (χ2v) is 2.54. The highest BCUT2D eigenvalue weighted by Crippen LogP contribution is 2.17. The Bertz CT molecular complexity index is 232. The molecule has 0 heterocycles. The number of Topliss-reactive ketones (excluding diaryl/α,β-unsaturated/α-hetero) is 1. The molecule has 0 aliphatic heterocycles. The maximum absolute atomic E-state index is 11.0. The first kappa shape index (κ1) is 7.06. The van der Waals surface area contributed by atoms with Crippen molar-refractivity contribution in [3.8, 4) is 0 Å². The molecular weight excluding hydrogens is 126 g/mol. The SMILES string of the molecule is CC1=C(C)C(N)=CCC1=O. The van der Waals surface area contributed by atoms with E-state index in [1.54, 1.807) is 6.08 Å². The molecule has 0 saturated carbocycles. The minimum absolute atomic E-state index is 0.187. The molecule has 0 spiro atoms. The van der Waals surface area contributed by atoms with Crippen LogP contribution in [0.25, 0.3) is 0 Å². The summed E-state index contributed by atoms with van der Waals surface area (Å²) in [5.41, 5.74) is 8.06. The minimum Gasteiger partial charge on any atom is -0.399 e. The Balaban J connectivity index is 3.06. The number of rotatable bonds is 0. The number of carbonyl (C=O) groups is 1. The molecule has 0 aromatic heterocycles. The number of carbonyl (C=O) groups excluding carboxylic acids is 1. The number of hydrogen-bond donors (Lipinski definition) is 1. The second kappa shape index (κ2) is 2.29. The molecule has 2 nitrogen and oxygen atoms in total. The Morgan fingerprint density at radius 2 is 2.00 bits per heavy atom. The smallest absolute Gasteiger partial charge is 0.162 e. The average molecular weight is 137 g/mol. The Morgan fingerprint density at radius 1 is 1.40 bits per heavy atom. The molecule has 0 bridgehead atoms. The van der Waals surface area contributed by atoms with Crippen molar-refractivity contribution in [3.63, 3.8) is 0 Å². The molecule has 0 amide bonds. The Morgan fingerprint density at radius 3 is 2.50 bits per heavy atom. The summed E-state index contributed by atoms with van der Waals surface area (Å²) in [6.07, 6.45) is 2.24. The van der Waals surface area contributed by atoms with Crippen LogP contribution in [0.15, 0.2) is 22.9 Å². The molecule has 0 atom stereocenters. The lowest BCUT2D eigenvalue weighted by Crippen LogP contribution is -2.12. The predicted molar refractivity (Wildman–Crippen MR) is 40.3 cm³/mol. The van der Waals surface area contributed by atoms with E-state index in [-0.39, 0.29) is 5.78 Å². The van der Waals surface area contributed by atoms with Crippen molar-refractivity contribution in [2.45, 2.75) is 20.3 Å². The summed E-state index contributed by atoms with van der Waals surface area (Å²) >= 11 is 0. The van der Waals surface area contributed by atoms with Crippen molar-refractivity contribution < 1.29 is 4.79 Å². The average Bonchev–Trinajstić information content (AvgIpc) is 1.93. The number of ketones is 1. The summed E-state index contributed by atoms with van der Waals surface area (Å²) in [6.45, 7) is 3.69. The zero-order chi connectivity index (χ0) is 7.72. The third-order valence-corrected chi connectivity index (χ3v) is 1.92. The van der Waals surface area contributed by atoms with Crippen LogP contribution in [-0.4, -0.2) is 5.78 Å². The molecule has 2 N–H and O–H groups in total. The van der Waals surface area contributed by atoms with Crippen LogP contribution in [-0.2, 0) is 4.79 Å². The van der Waals surface area contributed by atoms with Crippen LogP contribution in [0.3, 0.4) is 0 Å². The Hall–Kier alpha value is -1.05. The highest BCUT2D eigenvalue weighted by atomic mass is 16.1. The molecule has 0 aromatic carbocycles. The number of nitrogens with two attached hydrogens (primary N) is 1. The van der Waals surface area contributed by atoms with E-state index in [0.29, 0.717) is 6.42 Å². The zero-order valence-corrected chi connectivity index (χ0v) is 6.27. The summed E-state index contributed by atoms with van der Waals surface area (Å²) in [7, 11) is 0. The van der Waals surface area contributed by atoms with Gasteiger partial charge >= 0.3 is 0 Å². The van der Waals surface area contributed by atoms with Crippen LogP contribution in [0.2, 0.25) is 0 Å². The van der Waals surface area contributed by atoms with E-state index < -0.39 is 0 Å². The lowest BCUT2D eigenvalue weighted by molar-refractivity contribution is -0.114. The molecule has 0 unspecified atom stereocenters. The van der Waals surface area contributed by atoms with Gasteiger partial charge in [-0.1, -0.05) is 6.08 Å². The Labute approximate surface area is 60.4 Å². The molecular formula is C8H11NO. The summed E-state index contributed by atoms with van der Waals surface area (Å²) in [4.78, 5) is 11.0. The minimum atomic E-state index is 0.187. The molecule has 0 radical (unpaired) electrons. The van der Waals surface area contributed by atoms with Gasteiger partial charge in [0, 0.05) is 12.1 Å². The molecule has 54 valence electrons. The first-order chi connectivity index (χ1) is 4.63. The van der Waals surface area contributed by atoms with Crippen LogP contribution in [0.1, 0.15) is 20.3 Å². The topological polar surface area (TPSA) is 43.1 Å². The molecule has 0 aromatic rings. The van der Waals surface area contributed by atoms with Gasteiger partial charge in [0.2, 0.25) is 0 Å². The van der Waals surface area contributed by atoms with E-state index >= 15 is 0 Å². The van der Waals surface area contributed by atoms with Crippen molar-refractivity contribution in [3.05, 3.63) is 22.9 Å². The van der Waals surface area contributed by atoms with Crippen LogP contribution in [0.5, 0.6) is 0 Å². The molecule has 2 heteroatoms. The van der Waals surface area contributed by atoms with E-state index in [0.717, 1.165) is 16.8 Å². The monoisotopic (exact) mass is 137 g/mol. The van der Waals surface area contributed by atoms with Crippen molar-refractivity contribution in [1.29, 1.82) is 0 Å². The third kappa shape index (κ3) is 0.967. The highest BCUT2D eigenvalue weighted by Gasteiger charge is 2.12. The third-order valence-electron chi connectivity index (χ3n) is 1.92. The van der Waals surface area contributed by atoms with Gasteiger partial charge in [-0.2, -0.15) is 0 Å². The lowest BCUT2D eigenvalue weighted by Gasteiger charge is -2.11. The molecule has 0 saturated heterocycles. The Kier molecular flexibility index (Phi) is 1.62. The van der Waals surface area contributed by atoms with E-state index in [1.165, 1.54) is 0 Å². The number of allylic oxidation sites excluding steroid dienone is 3. The highest BCUT2D eigenvalue weighted by molar-refractivity contribution is 5.98. The van der Waals surface area contributed by atoms with Crippen molar-refractivity contribution in [2.24, 2.45) is 5.73 Å². The first-order valence-corrected chi connectivity index (χ1v) is 3.29. The van der Waals surface area contributed by atoms with Crippen molar-refractivity contribution in [1.82, 2.24) is 0 Å². The second-order valence-electron chi connectivity index (χ2n) is 2.54. The molecule has 1 aliphatic rings. The zero-order valence-electron chi connectivity index (χ0n) is 6.27. The van der Waals surface area contributed by atoms with E-state index in [1.807, 2.05) is 13.8 Å². The van der Waals surface area contributed by atoms with Gasteiger partial charge in [-0.25, -0.2) is 0 Å². The van der Waals surface area contributed by atoms with Gasteiger partial charge in [0.25, 0.3) is 0 Å². The largest absolute Gasteiger partial charge is 0.399 e. The fourth-order valence-electron chi connectivity index (χ4n) is 0.934. The van der Waals surface area contributed by atoms with E-state index in [9.17, 15) is 4.79 Å². The maximum Gasteiger partial charge on any atom is 0.162 e. The van der Waals surface area contributed by atoms with Gasteiger partial charge in [0.15, 0.2) is 5.78 Å². The normalized spacial score (nSPS) is 19.4. The summed E-state index contributed by atoms with van der Waals surface area (Å²) in [5.74, 6) is 0.187. The fraction of sp³-hybridized carbons (Fsp3) is 0.375. The fourth-order valence-corrected chi connectivity index (χ4v) is 0.934. The first-order valence-electron chi connectivity index (χ1n) is 3.29. The summed E-state index contributed by atoms with van der Waals surface area (Å²) in [5, 5.41) is 0. The van der Waals surface area contributed by atoms with Crippen LogP contribution in [0.4, 0.5) is 0 Å². The van der Waals surface area contributed by atoms with E-state index in [2.05, 4.69) is 0 Å². The van der Waals surface area contributed by atoms with Gasteiger partial charge < -0.3 is 5.73 Å². The van der Waals surface area contributed by atoms with Crippen LogP contribution < -0.4 is 5.73 Å². The molecule has 0 fully saturated rings. The van der Waals surface area contributed by atoms with Crippen molar-refractivity contribution in [2.75, 3.05) is 0 Å². The predicted octanol–water partition coefficient (Wildman–Crippen LogP) is 1.14.